The number of aliphatic carboxylic acids is 1. The minimum atomic E-state index is -2.93. The summed E-state index contributed by atoms with van der Waals surface area (Å²) in [5.74, 6) is -1.96. The third kappa shape index (κ3) is 2.96. The van der Waals surface area contributed by atoms with Crippen molar-refractivity contribution in [2.45, 2.75) is 25.3 Å². The van der Waals surface area contributed by atoms with Crippen molar-refractivity contribution in [1.82, 2.24) is 5.32 Å². The predicted molar refractivity (Wildman–Crippen MR) is 59.1 cm³/mol. The number of carbonyl (C=O) groups is 2. The van der Waals surface area contributed by atoms with E-state index >= 15 is 0 Å². The number of carboxylic acid groups (broad SMARTS) is 1. The Morgan fingerprint density at radius 3 is 2.18 bits per heavy atom. The maximum Gasteiger partial charge on any atom is 0.307 e. The summed E-state index contributed by atoms with van der Waals surface area (Å²) in [4.78, 5) is 22.2. The highest BCUT2D eigenvalue weighted by molar-refractivity contribution is 7.91. The lowest BCUT2D eigenvalue weighted by atomic mass is 10.1. The van der Waals surface area contributed by atoms with Gasteiger partial charge >= 0.3 is 5.97 Å². The lowest BCUT2D eigenvalue weighted by molar-refractivity contribution is -0.140. The van der Waals surface area contributed by atoms with Crippen LogP contribution in [-0.4, -0.2) is 42.9 Å². The second kappa shape index (κ2) is 4.29. The molecule has 1 aliphatic carbocycles. The van der Waals surface area contributed by atoms with Crippen LogP contribution < -0.4 is 5.32 Å². The Balaban J connectivity index is 1.79. The first-order valence-corrected chi connectivity index (χ1v) is 7.45. The molecule has 2 atom stereocenters. The van der Waals surface area contributed by atoms with E-state index in [2.05, 4.69) is 5.32 Å². The van der Waals surface area contributed by atoms with Crippen LogP contribution in [0.4, 0.5) is 0 Å². The Morgan fingerprint density at radius 2 is 1.71 bits per heavy atom. The fraction of sp³-hybridized carbons (Fsp3) is 0.800. The largest absolute Gasteiger partial charge is 0.481 e. The Kier molecular flexibility index (Phi) is 3.11. The van der Waals surface area contributed by atoms with Gasteiger partial charge in [-0.1, -0.05) is 0 Å². The molecule has 2 N–H and O–H groups in total. The normalized spacial score (nSPS) is 31.8. The molecule has 0 aromatic carbocycles. The smallest absolute Gasteiger partial charge is 0.307 e. The number of rotatable bonds is 3. The highest BCUT2D eigenvalue weighted by Crippen LogP contribution is 2.38. The van der Waals surface area contributed by atoms with Gasteiger partial charge in [0, 0.05) is 6.04 Å². The van der Waals surface area contributed by atoms with Gasteiger partial charge in [-0.3, -0.25) is 9.59 Å². The van der Waals surface area contributed by atoms with E-state index in [0.29, 0.717) is 19.3 Å². The van der Waals surface area contributed by atoms with Crippen LogP contribution in [0.3, 0.4) is 0 Å². The van der Waals surface area contributed by atoms with Gasteiger partial charge in [-0.05, 0) is 19.3 Å². The molecular weight excluding hydrogens is 246 g/mol. The molecule has 2 aliphatic rings. The van der Waals surface area contributed by atoms with Crippen LogP contribution in [0.1, 0.15) is 19.3 Å². The molecule has 7 heteroatoms. The Labute approximate surface area is 99.3 Å². The van der Waals surface area contributed by atoms with Crippen LogP contribution in [-0.2, 0) is 19.4 Å². The lowest BCUT2D eigenvalue weighted by Gasteiger charge is -2.23. The minimum absolute atomic E-state index is 0.102. The Hall–Kier alpha value is -1.11. The Morgan fingerprint density at radius 1 is 1.12 bits per heavy atom. The summed E-state index contributed by atoms with van der Waals surface area (Å²) in [6, 6.07) is -0.124. The molecule has 17 heavy (non-hydrogen) atoms. The standard InChI is InChI=1S/C10H15NO5S/c12-9(7-5-8(7)10(13)14)11-6-1-3-17(15,16)4-2-6/h6-8H,1-5H2,(H,11,12)(H,13,14). The van der Waals surface area contributed by atoms with Crippen molar-refractivity contribution in [2.24, 2.45) is 11.8 Å². The first-order valence-electron chi connectivity index (χ1n) is 5.62. The monoisotopic (exact) mass is 261 g/mol. The molecule has 1 aliphatic heterocycles. The summed E-state index contributed by atoms with van der Waals surface area (Å²) in [6.45, 7) is 0. The zero-order valence-corrected chi connectivity index (χ0v) is 10.1. The van der Waals surface area contributed by atoms with Crippen molar-refractivity contribution < 1.29 is 23.1 Å². The van der Waals surface area contributed by atoms with Gasteiger partial charge in [0.2, 0.25) is 5.91 Å². The molecule has 0 spiro atoms. The fourth-order valence-corrected chi connectivity index (χ4v) is 3.59. The van der Waals surface area contributed by atoms with Gasteiger partial charge in [0.15, 0.2) is 0 Å². The summed E-state index contributed by atoms with van der Waals surface area (Å²) < 4.78 is 22.4. The molecule has 0 aromatic heterocycles. The van der Waals surface area contributed by atoms with Crippen LogP contribution >= 0.6 is 0 Å². The van der Waals surface area contributed by atoms with Gasteiger partial charge in [-0.25, -0.2) is 8.42 Å². The number of sulfone groups is 1. The number of amides is 1. The summed E-state index contributed by atoms with van der Waals surface area (Å²) in [6.07, 6.45) is 1.25. The maximum absolute atomic E-state index is 11.6. The van der Waals surface area contributed by atoms with Crippen LogP contribution in [0.2, 0.25) is 0 Å². The SMILES string of the molecule is O=C(O)C1CC1C(=O)NC1CCS(=O)(=O)CC1. The number of carboxylic acids is 1. The highest BCUT2D eigenvalue weighted by atomic mass is 32.2. The van der Waals surface area contributed by atoms with Gasteiger partial charge in [0.1, 0.15) is 9.84 Å². The fourth-order valence-electron chi connectivity index (χ4n) is 2.10. The third-order valence-corrected chi connectivity index (χ3v) is 5.06. The summed E-state index contributed by atoms with van der Waals surface area (Å²) in [7, 11) is -2.93. The summed E-state index contributed by atoms with van der Waals surface area (Å²) in [5, 5.41) is 11.4. The molecule has 1 saturated heterocycles. The average molecular weight is 261 g/mol. The first kappa shape index (κ1) is 12.3. The molecular formula is C10H15NO5S. The van der Waals surface area contributed by atoms with Gasteiger partial charge in [0.25, 0.3) is 0 Å². The van der Waals surface area contributed by atoms with Crippen molar-refractivity contribution >= 4 is 21.7 Å². The van der Waals surface area contributed by atoms with Crippen molar-refractivity contribution in [2.75, 3.05) is 11.5 Å². The molecule has 1 heterocycles. The summed E-state index contributed by atoms with van der Waals surface area (Å²) >= 11 is 0. The number of hydrogen-bond donors (Lipinski definition) is 2. The van der Waals surface area contributed by atoms with E-state index in [0.717, 1.165) is 0 Å². The van der Waals surface area contributed by atoms with E-state index in [1.807, 2.05) is 0 Å². The molecule has 0 radical (unpaired) electrons. The maximum atomic E-state index is 11.6. The highest BCUT2D eigenvalue weighted by Gasteiger charge is 2.48. The number of carbonyl (C=O) groups excluding carboxylic acids is 1. The van der Waals surface area contributed by atoms with Gasteiger partial charge < -0.3 is 10.4 Å². The van der Waals surface area contributed by atoms with Crippen LogP contribution in [0.5, 0.6) is 0 Å². The number of nitrogens with one attached hydrogen (secondary N) is 1. The first-order chi connectivity index (χ1) is 7.89. The summed E-state index contributed by atoms with van der Waals surface area (Å²) in [5.41, 5.74) is 0. The van der Waals surface area contributed by atoms with E-state index in [9.17, 15) is 18.0 Å². The molecule has 96 valence electrons. The van der Waals surface area contributed by atoms with E-state index in [4.69, 9.17) is 5.11 Å². The average Bonchev–Trinajstić information content (AvgIpc) is 3.01. The van der Waals surface area contributed by atoms with Crippen molar-refractivity contribution in [3.63, 3.8) is 0 Å². The van der Waals surface area contributed by atoms with Gasteiger partial charge in [-0.2, -0.15) is 0 Å². The molecule has 0 bridgehead atoms. The van der Waals surface area contributed by atoms with Crippen molar-refractivity contribution in [3.8, 4) is 0 Å². The molecule has 1 saturated carbocycles. The van der Waals surface area contributed by atoms with E-state index < -0.39 is 27.6 Å². The molecule has 6 nitrogen and oxygen atoms in total. The Bertz CT molecular complexity index is 430. The van der Waals surface area contributed by atoms with Crippen LogP contribution in [0.25, 0.3) is 0 Å². The minimum Gasteiger partial charge on any atom is -0.481 e. The zero-order chi connectivity index (χ0) is 12.6. The van der Waals surface area contributed by atoms with Crippen LogP contribution in [0.15, 0.2) is 0 Å². The molecule has 2 fully saturated rings. The third-order valence-electron chi connectivity index (χ3n) is 3.35. The predicted octanol–water partition coefficient (Wildman–Crippen LogP) is -0.599. The van der Waals surface area contributed by atoms with Crippen molar-refractivity contribution in [3.05, 3.63) is 0 Å². The van der Waals surface area contributed by atoms with E-state index in [1.54, 1.807) is 0 Å². The second-order valence-corrected chi connectivity index (χ2v) is 7.03. The van der Waals surface area contributed by atoms with Gasteiger partial charge in [-0.15, -0.1) is 0 Å². The molecule has 2 unspecified atom stereocenters. The topological polar surface area (TPSA) is 101 Å². The van der Waals surface area contributed by atoms with Crippen LogP contribution in [0, 0.1) is 11.8 Å². The van der Waals surface area contributed by atoms with Crippen molar-refractivity contribution in [1.29, 1.82) is 0 Å². The molecule has 2 rings (SSSR count). The van der Waals surface area contributed by atoms with Gasteiger partial charge in [0.05, 0.1) is 23.3 Å². The quantitative estimate of drug-likeness (QED) is 0.706. The second-order valence-electron chi connectivity index (χ2n) is 4.72. The number of hydrogen-bond acceptors (Lipinski definition) is 4. The lowest BCUT2D eigenvalue weighted by Crippen LogP contribution is -2.41. The molecule has 0 aromatic rings. The molecule has 1 amide bonds. The van der Waals surface area contributed by atoms with E-state index in [-0.39, 0.29) is 23.5 Å². The van der Waals surface area contributed by atoms with E-state index in [1.165, 1.54) is 0 Å². The zero-order valence-electron chi connectivity index (χ0n) is 9.26.